The molecular formula is C27H23BrO7. The maximum Gasteiger partial charge on any atom is 0.338 e. The van der Waals surface area contributed by atoms with Crippen LogP contribution in [-0.4, -0.2) is 48.0 Å². The van der Waals surface area contributed by atoms with Gasteiger partial charge in [0.05, 0.1) is 17.7 Å². The third kappa shape index (κ3) is 5.31. The van der Waals surface area contributed by atoms with Gasteiger partial charge in [-0.1, -0.05) is 82.7 Å². The van der Waals surface area contributed by atoms with Gasteiger partial charge in [-0.2, -0.15) is 0 Å². The molecule has 0 amide bonds. The van der Waals surface area contributed by atoms with Crippen LogP contribution in [0, 0.1) is 0 Å². The SMILES string of the molecule is O=C(O[C@@H]1[C@@H](OC(=O)c2ccccc2)[C@H](Br)O[C@@H]2COC(c3ccccc3)O[C@H]12)c1ccccc1. The van der Waals surface area contributed by atoms with E-state index in [1.54, 1.807) is 48.5 Å². The van der Waals surface area contributed by atoms with Crippen LogP contribution in [-0.2, 0) is 23.7 Å². The first-order chi connectivity index (χ1) is 17.1. The molecular weight excluding hydrogens is 516 g/mol. The number of carbonyl (C=O) groups excluding carboxylic acids is 2. The van der Waals surface area contributed by atoms with Gasteiger partial charge in [-0.05, 0) is 24.3 Å². The van der Waals surface area contributed by atoms with Gasteiger partial charge in [0.15, 0.2) is 23.5 Å². The highest BCUT2D eigenvalue weighted by molar-refractivity contribution is 9.09. The van der Waals surface area contributed by atoms with E-state index in [-0.39, 0.29) is 6.61 Å². The van der Waals surface area contributed by atoms with Crippen molar-refractivity contribution in [1.82, 2.24) is 0 Å². The smallest absolute Gasteiger partial charge is 0.338 e. The van der Waals surface area contributed by atoms with Gasteiger partial charge in [0.25, 0.3) is 0 Å². The highest BCUT2D eigenvalue weighted by Gasteiger charge is 2.53. The first-order valence-corrected chi connectivity index (χ1v) is 12.2. The monoisotopic (exact) mass is 538 g/mol. The predicted molar refractivity (Wildman–Crippen MR) is 129 cm³/mol. The number of carbonyl (C=O) groups is 2. The third-order valence-electron chi connectivity index (χ3n) is 5.85. The largest absolute Gasteiger partial charge is 0.452 e. The summed E-state index contributed by atoms with van der Waals surface area (Å²) in [6.07, 6.45) is -3.88. The third-order valence-corrected chi connectivity index (χ3v) is 6.58. The predicted octanol–water partition coefficient (Wildman–Crippen LogP) is 4.67. The number of hydrogen-bond acceptors (Lipinski definition) is 7. The van der Waals surface area contributed by atoms with Crippen molar-refractivity contribution >= 4 is 27.9 Å². The van der Waals surface area contributed by atoms with Crippen LogP contribution in [0.3, 0.4) is 0 Å². The van der Waals surface area contributed by atoms with Crippen LogP contribution in [0.2, 0.25) is 0 Å². The molecule has 35 heavy (non-hydrogen) atoms. The number of hydrogen-bond donors (Lipinski definition) is 0. The van der Waals surface area contributed by atoms with Crippen molar-refractivity contribution in [3.05, 3.63) is 108 Å². The Hall–Kier alpha value is -3.04. The molecule has 2 heterocycles. The fraction of sp³-hybridized carbons (Fsp3) is 0.259. The van der Waals surface area contributed by atoms with Gasteiger partial charge < -0.3 is 23.7 Å². The van der Waals surface area contributed by atoms with Gasteiger partial charge in [0, 0.05) is 5.56 Å². The van der Waals surface area contributed by atoms with E-state index in [0.29, 0.717) is 11.1 Å². The lowest BCUT2D eigenvalue weighted by Crippen LogP contribution is -2.62. The Morgan fingerprint density at radius 3 is 1.80 bits per heavy atom. The molecule has 0 spiro atoms. The topological polar surface area (TPSA) is 80.3 Å². The molecule has 2 fully saturated rings. The Kier molecular flexibility index (Phi) is 7.24. The molecule has 3 aromatic carbocycles. The van der Waals surface area contributed by atoms with Crippen molar-refractivity contribution in [2.45, 2.75) is 35.7 Å². The Bertz CT molecular complexity index is 1140. The fourth-order valence-electron chi connectivity index (χ4n) is 4.10. The van der Waals surface area contributed by atoms with Crippen LogP contribution in [0.1, 0.15) is 32.6 Å². The molecule has 5 rings (SSSR count). The fourth-order valence-corrected chi connectivity index (χ4v) is 4.79. The summed E-state index contributed by atoms with van der Waals surface area (Å²) in [6, 6.07) is 26.7. The number of alkyl halides is 1. The normalized spacial score (nSPS) is 27.9. The first-order valence-electron chi connectivity index (χ1n) is 11.2. The van der Waals surface area contributed by atoms with Crippen LogP contribution in [0.15, 0.2) is 91.0 Å². The Labute approximate surface area is 211 Å². The summed E-state index contributed by atoms with van der Waals surface area (Å²) in [4.78, 5) is 25.9. The van der Waals surface area contributed by atoms with Gasteiger partial charge in [-0.25, -0.2) is 9.59 Å². The minimum Gasteiger partial charge on any atom is -0.452 e. The molecule has 0 radical (unpaired) electrons. The Morgan fingerprint density at radius 2 is 1.23 bits per heavy atom. The Balaban J connectivity index is 1.43. The molecule has 0 aromatic heterocycles. The second kappa shape index (κ2) is 10.7. The van der Waals surface area contributed by atoms with E-state index >= 15 is 0 Å². The van der Waals surface area contributed by atoms with Gasteiger partial charge in [-0.15, -0.1) is 0 Å². The van der Waals surface area contributed by atoms with Crippen molar-refractivity contribution in [2.24, 2.45) is 0 Å². The van der Waals surface area contributed by atoms with Crippen LogP contribution >= 0.6 is 15.9 Å². The molecule has 2 aliphatic heterocycles. The molecule has 7 nitrogen and oxygen atoms in total. The van der Waals surface area contributed by atoms with Crippen molar-refractivity contribution < 1.29 is 33.3 Å². The zero-order valence-corrected chi connectivity index (χ0v) is 20.2. The molecule has 0 aliphatic carbocycles. The summed E-state index contributed by atoms with van der Waals surface area (Å²) in [7, 11) is 0. The minimum absolute atomic E-state index is 0.213. The summed E-state index contributed by atoms with van der Waals surface area (Å²) in [5.41, 5.74) is 1.57. The van der Waals surface area contributed by atoms with Crippen LogP contribution in [0.5, 0.6) is 0 Å². The summed E-state index contributed by atoms with van der Waals surface area (Å²) in [5.74, 6) is -1.11. The number of benzene rings is 3. The molecule has 3 aromatic rings. The van der Waals surface area contributed by atoms with Gasteiger partial charge in [0.1, 0.15) is 12.2 Å². The zero-order valence-electron chi connectivity index (χ0n) is 18.6. The van der Waals surface area contributed by atoms with Gasteiger partial charge >= 0.3 is 11.9 Å². The molecule has 8 heteroatoms. The van der Waals surface area contributed by atoms with E-state index in [1.165, 1.54) is 0 Å². The highest BCUT2D eigenvalue weighted by Crippen LogP contribution is 2.38. The number of esters is 2. The average Bonchev–Trinajstić information content (AvgIpc) is 2.91. The van der Waals surface area contributed by atoms with Crippen LogP contribution < -0.4 is 0 Å². The average molecular weight is 539 g/mol. The van der Waals surface area contributed by atoms with Crippen molar-refractivity contribution in [1.29, 1.82) is 0 Å². The minimum atomic E-state index is -0.967. The molecule has 180 valence electrons. The van der Waals surface area contributed by atoms with Crippen molar-refractivity contribution in [3.63, 3.8) is 0 Å². The molecule has 2 saturated heterocycles. The molecule has 0 saturated carbocycles. The summed E-state index contributed by atoms with van der Waals surface area (Å²) in [6.45, 7) is 0.213. The lowest BCUT2D eigenvalue weighted by Gasteiger charge is -2.47. The maximum absolute atomic E-state index is 13.0. The van der Waals surface area contributed by atoms with Gasteiger partial charge in [0.2, 0.25) is 0 Å². The summed E-state index contributed by atoms with van der Waals surface area (Å²) < 4.78 is 29.9. The van der Waals surface area contributed by atoms with Crippen LogP contribution in [0.4, 0.5) is 0 Å². The summed E-state index contributed by atoms with van der Waals surface area (Å²) >= 11 is 3.46. The highest BCUT2D eigenvalue weighted by atomic mass is 79.9. The standard InChI is InChI=1S/C27H23BrO7/c28-24-23(34-26(30)18-12-6-2-7-13-18)22(33-25(29)17-10-4-1-5-11-17)21-20(32-24)16-31-27(35-21)19-14-8-3-9-15-19/h1-15,20-24,27H,16H2/t20-,21+,22+,23-,24-,27?/m1/s1. The van der Waals surface area contributed by atoms with E-state index in [9.17, 15) is 9.59 Å². The first kappa shape index (κ1) is 23.7. The van der Waals surface area contributed by atoms with E-state index in [4.69, 9.17) is 23.7 Å². The zero-order chi connectivity index (χ0) is 24.2. The summed E-state index contributed by atoms with van der Waals surface area (Å²) in [5, 5.41) is -0.745. The number of fused-ring (bicyclic) bond motifs is 1. The number of halogens is 1. The second-order valence-corrected chi connectivity index (χ2v) is 9.08. The molecule has 0 bridgehead atoms. The second-order valence-electron chi connectivity index (χ2n) is 8.17. The van der Waals surface area contributed by atoms with E-state index in [1.807, 2.05) is 42.5 Å². The quantitative estimate of drug-likeness (QED) is 0.345. The van der Waals surface area contributed by atoms with E-state index in [2.05, 4.69) is 15.9 Å². The van der Waals surface area contributed by atoms with E-state index in [0.717, 1.165) is 5.56 Å². The number of ether oxygens (including phenoxy) is 5. The van der Waals surface area contributed by atoms with Gasteiger partial charge in [-0.3, -0.25) is 0 Å². The van der Waals surface area contributed by atoms with Crippen molar-refractivity contribution in [2.75, 3.05) is 6.61 Å². The molecule has 0 N–H and O–H groups in total. The lowest BCUT2D eigenvalue weighted by molar-refractivity contribution is -0.316. The molecule has 2 aliphatic rings. The maximum atomic E-state index is 13.0. The molecule has 6 atom stereocenters. The number of rotatable bonds is 5. The van der Waals surface area contributed by atoms with Crippen molar-refractivity contribution in [3.8, 4) is 0 Å². The van der Waals surface area contributed by atoms with Crippen LogP contribution in [0.25, 0.3) is 0 Å². The molecule has 1 unspecified atom stereocenters. The lowest BCUT2D eigenvalue weighted by atomic mass is 9.98. The van der Waals surface area contributed by atoms with E-state index < -0.39 is 47.7 Å². The Morgan fingerprint density at radius 1 is 0.714 bits per heavy atom.